The second kappa shape index (κ2) is 6.73. The molecule has 2 bridgehead atoms. The summed E-state index contributed by atoms with van der Waals surface area (Å²) in [6.45, 7) is 2.53. The van der Waals surface area contributed by atoms with Crippen molar-refractivity contribution in [3.8, 4) is 0 Å². The lowest BCUT2D eigenvalue weighted by molar-refractivity contribution is 0.0739. The van der Waals surface area contributed by atoms with Gasteiger partial charge < -0.3 is 15.0 Å². The highest BCUT2D eigenvalue weighted by atomic mass is 32.2. The Bertz CT molecular complexity index is 535. The van der Waals surface area contributed by atoms with E-state index in [0.29, 0.717) is 24.0 Å². The summed E-state index contributed by atoms with van der Waals surface area (Å²) in [7, 11) is 0. The van der Waals surface area contributed by atoms with Crippen LogP contribution in [0.15, 0.2) is 35.2 Å². The molecule has 0 spiro atoms. The smallest absolute Gasteiger partial charge is 0.317 e. The van der Waals surface area contributed by atoms with Crippen molar-refractivity contribution in [1.29, 1.82) is 0 Å². The molecule has 3 aliphatic rings. The Labute approximate surface area is 142 Å². The van der Waals surface area contributed by atoms with Crippen molar-refractivity contribution in [1.82, 2.24) is 10.2 Å². The van der Waals surface area contributed by atoms with Crippen molar-refractivity contribution in [2.45, 2.75) is 36.4 Å². The molecule has 3 fully saturated rings. The Morgan fingerprint density at radius 1 is 1.17 bits per heavy atom. The number of fused-ring (bicyclic) bond motifs is 5. The topological polar surface area (TPSA) is 41.6 Å². The van der Waals surface area contributed by atoms with Crippen LogP contribution < -0.4 is 5.32 Å². The average molecular weight is 332 g/mol. The SMILES string of the molecule is O=C(NCCCSc1ccccc1)N1C[C@@H]2[C@H](C1)[C@H]1CC[C@H]2O1. The van der Waals surface area contributed by atoms with Gasteiger partial charge in [-0.15, -0.1) is 11.8 Å². The summed E-state index contributed by atoms with van der Waals surface area (Å²) < 4.78 is 5.96. The molecule has 5 heteroatoms. The van der Waals surface area contributed by atoms with E-state index in [0.717, 1.165) is 31.8 Å². The minimum Gasteiger partial charge on any atom is -0.374 e. The van der Waals surface area contributed by atoms with Crippen LogP contribution in [0.5, 0.6) is 0 Å². The van der Waals surface area contributed by atoms with Gasteiger partial charge in [-0.25, -0.2) is 4.79 Å². The third-order valence-corrected chi connectivity index (χ3v) is 6.45. The lowest BCUT2D eigenvalue weighted by Crippen LogP contribution is -2.40. The van der Waals surface area contributed by atoms with Crippen LogP contribution in [0, 0.1) is 11.8 Å². The first-order valence-corrected chi connectivity index (χ1v) is 9.66. The van der Waals surface area contributed by atoms with Gasteiger partial charge in [0.05, 0.1) is 12.2 Å². The van der Waals surface area contributed by atoms with Crippen LogP contribution in [0.25, 0.3) is 0 Å². The van der Waals surface area contributed by atoms with Crippen LogP contribution in [0.1, 0.15) is 19.3 Å². The number of hydrogen-bond acceptors (Lipinski definition) is 3. The molecule has 4 atom stereocenters. The predicted molar refractivity (Wildman–Crippen MR) is 91.6 cm³/mol. The number of likely N-dealkylation sites (tertiary alicyclic amines) is 1. The molecule has 4 nitrogen and oxygen atoms in total. The number of carbonyl (C=O) groups is 1. The molecule has 1 aromatic carbocycles. The summed E-state index contributed by atoms with van der Waals surface area (Å²) in [5.74, 6) is 2.22. The van der Waals surface area contributed by atoms with Crippen molar-refractivity contribution in [2.75, 3.05) is 25.4 Å². The lowest BCUT2D eigenvalue weighted by atomic mass is 9.82. The minimum absolute atomic E-state index is 0.114. The number of hydrogen-bond donors (Lipinski definition) is 1. The molecule has 23 heavy (non-hydrogen) atoms. The third-order valence-electron chi connectivity index (χ3n) is 5.35. The monoisotopic (exact) mass is 332 g/mol. The van der Waals surface area contributed by atoms with Gasteiger partial charge in [0.2, 0.25) is 0 Å². The summed E-state index contributed by atoms with van der Waals surface area (Å²) in [4.78, 5) is 15.6. The molecule has 4 rings (SSSR count). The molecular formula is C18H24N2O2S. The normalized spacial score (nSPS) is 31.4. The molecule has 3 heterocycles. The average Bonchev–Trinajstić information content (AvgIpc) is 3.28. The molecule has 1 aromatic rings. The Hall–Kier alpha value is -1.20. The number of ether oxygens (including phenoxy) is 1. The number of rotatable bonds is 5. The minimum atomic E-state index is 0.114. The van der Waals surface area contributed by atoms with Gasteiger partial charge in [0, 0.05) is 36.4 Å². The van der Waals surface area contributed by atoms with E-state index in [-0.39, 0.29) is 6.03 Å². The van der Waals surface area contributed by atoms with Crippen molar-refractivity contribution in [2.24, 2.45) is 11.8 Å². The Morgan fingerprint density at radius 3 is 2.57 bits per heavy atom. The first kappa shape index (κ1) is 15.3. The van der Waals surface area contributed by atoms with Gasteiger partial charge in [0.15, 0.2) is 0 Å². The van der Waals surface area contributed by atoms with E-state index < -0.39 is 0 Å². The Balaban J connectivity index is 1.16. The molecular weight excluding hydrogens is 308 g/mol. The van der Waals surface area contributed by atoms with Gasteiger partial charge in [-0.1, -0.05) is 18.2 Å². The maximum Gasteiger partial charge on any atom is 0.317 e. The fourth-order valence-corrected chi connectivity index (χ4v) is 5.09. The summed E-state index contributed by atoms with van der Waals surface area (Å²) >= 11 is 1.85. The Kier molecular flexibility index (Phi) is 4.49. The number of benzene rings is 1. The van der Waals surface area contributed by atoms with Gasteiger partial charge in [-0.2, -0.15) is 0 Å². The van der Waals surface area contributed by atoms with Gasteiger partial charge >= 0.3 is 6.03 Å². The van der Waals surface area contributed by atoms with Gasteiger partial charge in [-0.3, -0.25) is 0 Å². The quantitative estimate of drug-likeness (QED) is 0.666. The number of carbonyl (C=O) groups excluding carboxylic acids is 1. The van der Waals surface area contributed by atoms with E-state index in [1.54, 1.807) is 0 Å². The van der Waals surface area contributed by atoms with Crippen molar-refractivity contribution in [3.05, 3.63) is 30.3 Å². The summed E-state index contributed by atoms with van der Waals surface area (Å²) in [5.41, 5.74) is 0. The second-order valence-corrected chi connectivity index (χ2v) is 7.94. The number of nitrogens with zero attached hydrogens (tertiary/aromatic N) is 1. The number of thioether (sulfide) groups is 1. The number of nitrogens with one attached hydrogen (secondary N) is 1. The van der Waals surface area contributed by atoms with E-state index in [2.05, 4.69) is 29.6 Å². The van der Waals surface area contributed by atoms with Gasteiger partial charge in [-0.05, 0) is 37.1 Å². The van der Waals surface area contributed by atoms with Gasteiger partial charge in [0.25, 0.3) is 0 Å². The summed E-state index contributed by atoms with van der Waals surface area (Å²) in [6.07, 6.45) is 4.23. The number of urea groups is 1. The number of amides is 2. The summed E-state index contributed by atoms with van der Waals surface area (Å²) in [5, 5.41) is 3.08. The standard InChI is InChI=1S/C18H24N2O2S/c21-18(19-9-4-10-23-13-5-2-1-3-6-13)20-11-14-15(12-20)17-8-7-16(14)22-17/h1-3,5-6,14-17H,4,7-12H2,(H,19,21)/t14-,15+,16-,17-/m1/s1. The molecule has 0 saturated carbocycles. The maximum atomic E-state index is 12.3. The Morgan fingerprint density at radius 2 is 1.87 bits per heavy atom. The molecule has 3 saturated heterocycles. The van der Waals surface area contributed by atoms with Crippen LogP contribution in [-0.4, -0.2) is 48.5 Å². The second-order valence-electron chi connectivity index (χ2n) is 6.77. The fraction of sp³-hybridized carbons (Fsp3) is 0.611. The van der Waals surface area contributed by atoms with Crippen LogP contribution in [0.2, 0.25) is 0 Å². The molecule has 2 amide bonds. The van der Waals surface area contributed by atoms with E-state index in [1.165, 1.54) is 17.7 Å². The molecule has 0 radical (unpaired) electrons. The molecule has 3 aliphatic heterocycles. The first-order valence-electron chi connectivity index (χ1n) is 8.67. The van der Waals surface area contributed by atoms with E-state index in [4.69, 9.17) is 4.74 Å². The first-order chi connectivity index (χ1) is 11.3. The van der Waals surface area contributed by atoms with Crippen molar-refractivity contribution < 1.29 is 9.53 Å². The zero-order valence-corrected chi connectivity index (χ0v) is 14.1. The third kappa shape index (κ3) is 3.22. The predicted octanol–water partition coefficient (Wildman–Crippen LogP) is 2.99. The van der Waals surface area contributed by atoms with E-state index >= 15 is 0 Å². The van der Waals surface area contributed by atoms with E-state index in [9.17, 15) is 4.79 Å². The largest absolute Gasteiger partial charge is 0.374 e. The molecule has 0 aromatic heterocycles. The van der Waals surface area contributed by atoms with Crippen LogP contribution >= 0.6 is 11.8 Å². The highest BCUT2D eigenvalue weighted by molar-refractivity contribution is 7.99. The molecule has 0 aliphatic carbocycles. The van der Waals surface area contributed by atoms with E-state index in [1.807, 2.05) is 22.7 Å². The molecule has 0 unspecified atom stereocenters. The zero-order valence-electron chi connectivity index (χ0n) is 13.3. The summed E-state index contributed by atoms with van der Waals surface area (Å²) in [6, 6.07) is 10.5. The molecule has 1 N–H and O–H groups in total. The lowest BCUT2D eigenvalue weighted by Gasteiger charge is -2.19. The van der Waals surface area contributed by atoms with Crippen molar-refractivity contribution in [3.63, 3.8) is 0 Å². The van der Waals surface area contributed by atoms with Crippen LogP contribution in [0.3, 0.4) is 0 Å². The van der Waals surface area contributed by atoms with Crippen LogP contribution in [0.4, 0.5) is 4.79 Å². The zero-order chi connectivity index (χ0) is 15.6. The van der Waals surface area contributed by atoms with Crippen LogP contribution in [-0.2, 0) is 4.74 Å². The van der Waals surface area contributed by atoms with Crippen molar-refractivity contribution >= 4 is 17.8 Å². The highest BCUT2D eigenvalue weighted by Crippen LogP contribution is 2.47. The highest BCUT2D eigenvalue weighted by Gasteiger charge is 2.53. The maximum absolute atomic E-state index is 12.3. The molecule has 124 valence electrons. The fourth-order valence-electron chi connectivity index (χ4n) is 4.21. The van der Waals surface area contributed by atoms with Gasteiger partial charge in [0.1, 0.15) is 0 Å².